The molecular formula is C50H41N5O. The maximum absolute atomic E-state index is 9.98. The molecule has 0 N–H and O–H groups in total. The molecular weight excluding hydrogens is 687 g/mol. The van der Waals surface area contributed by atoms with Crippen LogP contribution in [0.15, 0.2) is 126 Å². The van der Waals surface area contributed by atoms with Crippen LogP contribution in [0.4, 0.5) is 5.69 Å². The summed E-state index contributed by atoms with van der Waals surface area (Å²) >= 11 is 0. The van der Waals surface area contributed by atoms with Crippen molar-refractivity contribution >= 4 is 49.4 Å². The van der Waals surface area contributed by atoms with Crippen LogP contribution < -0.4 is 0 Å². The Morgan fingerprint density at radius 3 is 2.07 bits per heavy atom. The van der Waals surface area contributed by atoms with E-state index in [9.17, 15) is 5.26 Å². The number of rotatable bonds is 7. The zero-order valence-corrected chi connectivity index (χ0v) is 32.4. The lowest BCUT2D eigenvalue weighted by Crippen LogP contribution is -2.08. The highest BCUT2D eigenvalue weighted by Crippen LogP contribution is 2.41. The van der Waals surface area contributed by atoms with Gasteiger partial charge in [-0.15, -0.1) is 0 Å². The van der Waals surface area contributed by atoms with E-state index in [1.54, 1.807) is 6.07 Å². The van der Waals surface area contributed by atoms with Crippen molar-refractivity contribution in [3.8, 4) is 40.0 Å². The Bertz CT molecular complexity index is 3070. The fourth-order valence-corrected chi connectivity index (χ4v) is 8.24. The lowest BCUT2D eigenvalue weighted by molar-refractivity contribution is 0.668. The average Bonchev–Trinajstić information content (AvgIpc) is 3.91. The molecule has 0 radical (unpaired) electrons. The molecule has 0 aliphatic heterocycles. The molecule has 3 aromatic heterocycles. The van der Waals surface area contributed by atoms with E-state index in [1.165, 1.54) is 27.5 Å². The van der Waals surface area contributed by atoms with Gasteiger partial charge in [0, 0.05) is 39.0 Å². The van der Waals surface area contributed by atoms with Crippen molar-refractivity contribution < 1.29 is 4.42 Å². The van der Waals surface area contributed by atoms with Crippen LogP contribution in [0.2, 0.25) is 0 Å². The molecule has 0 aliphatic rings. The summed E-state index contributed by atoms with van der Waals surface area (Å²) in [6.45, 7) is 20.9. The topological polar surface area (TPSA) is 64.0 Å². The van der Waals surface area contributed by atoms with Crippen molar-refractivity contribution in [2.24, 2.45) is 0 Å². The fraction of sp³-hybridized carbons (Fsp3) is 0.180. The largest absolute Gasteiger partial charge is 0.456 e. The monoisotopic (exact) mass is 727 g/mol. The van der Waals surface area contributed by atoms with E-state index in [2.05, 4.69) is 153 Å². The predicted octanol–water partition coefficient (Wildman–Crippen LogP) is 14.0. The van der Waals surface area contributed by atoms with Crippen LogP contribution in [0.25, 0.3) is 82.5 Å². The molecule has 9 rings (SSSR count). The van der Waals surface area contributed by atoms with E-state index in [0.29, 0.717) is 23.1 Å². The molecule has 6 aromatic carbocycles. The quantitative estimate of drug-likeness (QED) is 0.154. The molecule has 3 heterocycles. The molecule has 6 nitrogen and oxygen atoms in total. The van der Waals surface area contributed by atoms with Crippen molar-refractivity contribution in [2.75, 3.05) is 0 Å². The second kappa shape index (κ2) is 13.4. The van der Waals surface area contributed by atoms with Crippen LogP contribution in [0.1, 0.15) is 81.7 Å². The molecule has 0 aliphatic carbocycles. The summed E-state index contributed by atoms with van der Waals surface area (Å²) in [5.41, 5.74) is 13.8. The third-order valence-electron chi connectivity index (χ3n) is 11.1. The van der Waals surface area contributed by atoms with E-state index in [0.717, 1.165) is 61.0 Å². The summed E-state index contributed by atoms with van der Waals surface area (Å²) in [7, 11) is 0. The zero-order chi connectivity index (χ0) is 38.8. The van der Waals surface area contributed by atoms with Gasteiger partial charge in [0.25, 0.3) is 0 Å². The molecule has 56 heavy (non-hydrogen) atoms. The van der Waals surface area contributed by atoms with Crippen molar-refractivity contribution in [1.29, 1.82) is 5.26 Å². The highest BCUT2D eigenvalue weighted by atomic mass is 16.3. The first kappa shape index (κ1) is 34.9. The van der Waals surface area contributed by atoms with Crippen LogP contribution in [0, 0.1) is 17.9 Å². The Kier molecular flexibility index (Phi) is 8.37. The van der Waals surface area contributed by atoms with Gasteiger partial charge in [0.2, 0.25) is 0 Å². The number of para-hydroxylation sites is 1. The Hall–Kier alpha value is -6.89. The number of imidazole rings is 1. The normalized spacial score (nSPS) is 11.8. The first-order valence-corrected chi connectivity index (χ1v) is 19.3. The van der Waals surface area contributed by atoms with Gasteiger partial charge in [-0.1, -0.05) is 90.1 Å². The summed E-state index contributed by atoms with van der Waals surface area (Å²) in [6, 6.07) is 42.9. The fourth-order valence-electron chi connectivity index (χ4n) is 8.24. The molecule has 0 saturated carbocycles. The minimum Gasteiger partial charge on any atom is -0.456 e. The molecule has 9 aromatic rings. The molecule has 0 spiro atoms. The summed E-state index contributed by atoms with van der Waals surface area (Å²) in [4.78, 5) is 8.41. The van der Waals surface area contributed by atoms with Gasteiger partial charge in [-0.3, -0.25) is 4.57 Å². The molecule has 272 valence electrons. The SMILES string of the molecule is [C-]#[N+]c1cccc(-c2nc(C#N)cn2-c2c(C(C)C)cc(-c3ccc4c(c3)c3ccccc3n4-c3ccc4oc5ccc(C(C)C)cc5c4c3)cc2C(C)C)c1. The summed E-state index contributed by atoms with van der Waals surface area (Å²) in [5.74, 6) is 1.43. The molecule has 6 heteroatoms. The Morgan fingerprint density at radius 1 is 0.643 bits per heavy atom. The van der Waals surface area contributed by atoms with Crippen LogP contribution in [0.3, 0.4) is 0 Å². The third-order valence-corrected chi connectivity index (χ3v) is 11.1. The van der Waals surface area contributed by atoms with E-state index < -0.39 is 0 Å². The van der Waals surface area contributed by atoms with Gasteiger partial charge >= 0.3 is 0 Å². The van der Waals surface area contributed by atoms with Crippen LogP contribution in [-0.4, -0.2) is 14.1 Å². The standard InChI is InChI=1S/C50H41N5O/c1-29(2)32-16-19-47-43(22-32)44-26-38(17-20-48(44)56-47)55-45-14-9-8-13-39(45)42-23-33(15-18-46(42)55)35-24-40(30(3)4)49(41(25-35)31(5)6)54-28-37(27-51)53-50(54)34-11-10-12-36(21-34)52-7/h8-26,28-31H,1-6H3. The maximum atomic E-state index is 9.98. The van der Waals surface area contributed by atoms with Gasteiger partial charge in [0.15, 0.2) is 11.4 Å². The number of benzene rings is 6. The minimum atomic E-state index is 0.175. The summed E-state index contributed by atoms with van der Waals surface area (Å²) in [6.07, 6.45) is 1.83. The number of hydrogen-bond acceptors (Lipinski definition) is 3. The van der Waals surface area contributed by atoms with Gasteiger partial charge < -0.3 is 8.98 Å². The second-order valence-corrected chi connectivity index (χ2v) is 15.7. The number of fused-ring (bicyclic) bond motifs is 6. The van der Waals surface area contributed by atoms with Crippen molar-refractivity contribution in [1.82, 2.24) is 14.1 Å². The van der Waals surface area contributed by atoms with E-state index in [-0.39, 0.29) is 11.8 Å². The number of furan rings is 1. The first-order chi connectivity index (χ1) is 27.1. The smallest absolute Gasteiger partial charge is 0.187 e. The summed E-state index contributed by atoms with van der Waals surface area (Å²) in [5, 5.41) is 14.6. The Balaban J connectivity index is 1.23. The van der Waals surface area contributed by atoms with Crippen molar-refractivity contribution in [2.45, 2.75) is 59.3 Å². The van der Waals surface area contributed by atoms with Gasteiger partial charge in [-0.2, -0.15) is 5.26 Å². The molecule has 0 fully saturated rings. The average molecular weight is 728 g/mol. The van der Waals surface area contributed by atoms with Crippen LogP contribution in [0.5, 0.6) is 0 Å². The number of nitriles is 1. The van der Waals surface area contributed by atoms with E-state index >= 15 is 0 Å². The van der Waals surface area contributed by atoms with E-state index in [4.69, 9.17) is 16.0 Å². The minimum absolute atomic E-state index is 0.175. The molecule has 0 atom stereocenters. The van der Waals surface area contributed by atoms with Gasteiger partial charge in [0.1, 0.15) is 23.1 Å². The molecule has 0 amide bonds. The number of aromatic nitrogens is 3. The predicted molar refractivity (Wildman–Crippen MR) is 229 cm³/mol. The lowest BCUT2D eigenvalue weighted by atomic mass is 9.88. The summed E-state index contributed by atoms with van der Waals surface area (Å²) < 4.78 is 10.7. The number of nitrogens with zero attached hydrogens (tertiary/aromatic N) is 5. The van der Waals surface area contributed by atoms with Crippen LogP contribution in [-0.2, 0) is 0 Å². The van der Waals surface area contributed by atoms with Crippen molar-refractivity contribution in [3.05, 3.63) is 155 Å². The molecule has 0 bridgehead atoms. The maximum Gasteiger partial charge on any atom is 0.187 e. The van der Waals surface area contributed by atoms with Gasteiger partial charge in [-0.25, -0.2) is 9.83 Å². The van der Waals surface area contributed by atoms with E-state index in [1.807, 2.05) is 24.4 Å². The zero-order valence-electron chi connectivity index (χ0n) is 32.4. The first-order valence-electron chi connectivity index (χ1n) is 19.3. The van der Waals surface area contributed by atoms with Crippen LogP contribution >= 0.6 is 0 Å². The molecule has 0 unspecified atom stereocenters. The third kappa shape index (κ3) is 5.65. The van der Waals surface area contributed by atoms with Gasteiger partial charge in [-0.05, 0) is 112 Å². The second-order valence-electron chi connectivity index (χ2n) is 15.7. The highest BCUT2D eigenvalue weighted by molar-refractivity contribution is 6.11. The molecule has 0 saturated heterocycles. The van der Waals surface area contributed by atoms with Gasteiger partial charge in [0.05, 0.1) is 23.3 Å². The Labute approximate surface area is 326 Å². The van der Waals surface area contributed by atoms with Crippen molar-refractivity contribution in [3.63, 3.8) is 0 Å². The lowest BCUT2D eigenvalue weighted by Gasteiger charge is -2.24. The Morgan fingerprint density at radius 2 is 1.36 bits per heavy atom. The number of hydrogen-bond donors (Lipinski definition) is 0. The highest BCUT2D eigenvalue weighted by Gasteiger charge is 2.23.